The maximum absolute atomic E-state index is 6.15. The van der Waals surface area contributed by atoms with Gasteiger partial charge in [0.1, 0.15) is 0 Å². The minimum Gasteiger partial charge on any atom is -0.323 e. The van der Waals surface area contributed by atoms with E-state index in [2.05, 4.69) is 4.98 Å². The highest BCUT2D eigenvalue weighted by molar-refractivity contribution is 7.09. The van der Waals surface area contributed by atoms with Gasteiger partial charge < -0.3 is 5.73 Å². The molecule has 0 radical (unpaired) electrons. The molecule has 0 fully saturated rings. The molecule has 2 aromatic rings. The summed E-state index contributed by atoms with van der Waals surface area (Å²) in [5.74, 6) is 0. The number of benzene rings is 1. The molecule has 2 N–H and O–H groups in total. The molecule has 4 heteroatoms. The highest BCUT2D eigenvalue weighted by Gasteiger charge is 2.13. The molecule has 2 nitrogen and oxygen atoms in total. The lowest BCUT2D eigenvalue weighted by Crippen LogP contribution is -2.13. The first-order chi connectivity index (χ1) is 7.68. The van der Waals surface area contributed by atoms with Gasteiger partial charge in [0.25, 0.3) is 0 Å². The van der Waals surface area contributed by atoms with Crippen molar-refractivity contribution in [3.8, 4) is 0 Å². The first-order valence-corrected chi connectivity index (χ1v) is 6.33. The van der Waals surface area contributed by atoms with Crippen molar-refractivity contribution in [2.45, 2.75) is 19.4 Å². The molecule has 1 aromatic heterocycles. The summed E-state index contributed by atoms with van der Waals surface area (Å²) in [7, 11) is 0. The minimum absolute atomic E-state index is 0.0209. The maximum atomic E-state index is 6.15. The van der Waals surface area contributed by atoms with Crippen LogP contribution in [0, 0.1) is 6.92 Å². The zero-order chi connectivity index (χ0) is 11.5. The lowest BCUT2D eigenvalue weighted by molar-refractivity contribution is 0.729. The van der Waals surface area contributed by atoms with Crippen LogP contribution in [0.15, 0.2) is 29.8 Å². The fraction of sp³-hybridized carbons (Fsp3) is 0.250. The molecule has 1 atom stereocenters. The number of thiazole rings is 1. The zero-order valence-corrected chi connectivity index (χ0v) is 10.6. The van der Waals surface area contributed by atoms with Gasteiger partial charge in [0, 0.05) is 15.9 Å². The van der Waals surface area contributed by atoms with Crippen LogP contribution in [0.3, 0.4) is 0 Å². The van der Waals surface area contributed by atoms with E-state index in [4.69, 9.17) is 17.3 Å². The van der Waals surface area contributed by atoms with Crippen LogP contribution in [0.25, 0.3) is 0 Å². The van der Waals surface area contributed by atoms with Gasteiger partial charge in [-0.2, -0.15) is 0 Å². The molecule has 0 saturated heterocycles. The van der Waals surface area contributed by atoms with Crippen LogP contribution in [0.4, 0.5) is 0 Å². The molecule has 1 aromatic carbocycles. The Hall–Kier alpha value is -0.900. The summed E-state index contributed by atoms with van der Waals surface area (Å²) in [5, 5.41) is 0.778. The quantitative estimate of drug-likeness (QED) is 0.910. The second-order valence-corrected chi connectivity index (χ2v) is 5.00. The Labute approximate surface area is 104 Å². The normalized spacial score (nSPS) is 12.7. The number of aromatic nitrogens is 1. The van der Waals surface area contributed by atoms with Crippen molar-refractivity contribution < 1.29 is 0 Å². The van der Waals surface area contributed by atoms with Crippen LogP contribution in [-0.4, -0.2) is 4.98 Å². The fourth-order valence-electron chi connectivity index (χ4n) is 1.66. The Kier molecular flexibility index (Phi) is 3.59. The van der Waals surface area contributed by atoms with Gasteiger partial charge in [-0.05, 0) is 25.0 Å². The van der Waals surface area contributed by atoms with Crippen molar-refractivity contribution in [2.24, 2.45) is 5.73 Å². The number of nitrogens with zero attached hydrogens (tertiary/aromatic N) is 1. The number of nitrogens with two attached hydrogens (primary N) is 1. The Bertz CT molecular complexity index is 481. The van der Waals surface area contributed by atoms with E-state index >= 15 is 0 Å². The average Bonchev–Trinajstić information content (AvgIpc) is 2.68. The van der Waals surface area contributed by atoms with Crippen LogP contribution in [-0.2, 0) is 6.42 Å². The Balaban J connectivity index is 2.17. The third-order valence-corrected chi connectivity index (χ3v) is 3.95. The summed E-state index contributed by atoms with van der Waals surface area (Å²) >= 11 is 7.71. The summed E-state index contributed by atoms with van der Waals surface area (Å²) < 4.78 is 0. The summed E-state index contributed by atoms with van der Waals surface area (Å²) in [4.78, 5) is 5.35. The van der Waals surface area contributed by atoms with Crippen LogP contribution >= 0.6 is 22.9 Å². The van der Waals surface area contributed by atoms with E-state index in [0.717, 1.165) is 27.6 Å². The molecule has 0 saturated carbocycles. The lowest BCUT2D eigenvalue weighted by Gasteiger charge is -2.11. The molecule has 0 amide bonds. The van der Waals surface area contributed by atoms with Crippen LogP contribution in [0.2, 0.25) is 5.02 Å². The standard InChI is InChI=1S/C12H13ClN2S/c1-8-12(16-7-15-8)11(14)6-9-4-2-3-5-10(9)13/h2-5,7,11H,6,14H2,1H3. The van der Waals surface area contributed by atoms with E-state index in [-0.39, 0.29) is 6.04 Å². The second kappa shape index (κ2) is 4.95. The molecule has 1 unspecified atom stereocenters. The molecular formula is C12H13ClN2S. The number of aryl methyl sites for hydroxylation is 1. The maximum Gasteiger partial charge on any atom is 0.0798 e. The highest BCUT2D eigenvalue weighted by atomic mass is 35.5. The summed E-state index contributed by atoms with van der Waals surface area (Å²) in [6, 6.07) is 7.79. The molecule has 2 rings (SSSR count). The van der Waals surface area contributed by atoms with Gasteiger partial charge in [0.15, 0.2) is 0 Å². The van der Waals surface area contributed by atoms with Crippen molar-refractivity contribution in [1.29, 1.82) is 0 Å². The van der Waals surface area contributed by atoms with E-state index in [9.17, 15) is 0 Å². The van der Waals surface area contributed by atoms with Crippen molar-refractivity contribution in [1.82, 2.24) is 4.98 Å². The summed E-state index contributed by atoms with van der Waals surface area (Å²) in [5.41, 5.74) is 10.1. The lowest BCUT2D eigenvalue weighted by atomic mass is 10.0. The Morgan fingerprint density at radius 3 is 2.81 bits per heavy atom. The van der Waals surface area contributed by atoms with Gasteiger partial charge in [-0.3, -0.25) is 0 Å². The summed E-state index contributed by atoms with van der Waals surface area (Å²) in [6.45, 7) is 1.98. The van der Waals surface area contributed by atoms with Crippen molar-refractivity contribution >= 4 is 22.9 Å². The highest BCUT2D eigenvalue weighted by Crippen LogP contribution is 2.25. The third-order valence-electron chi connectivity index (χ3n) is 2.52. The number of hydrogen-bond donors (Lipinski definition) is 1. The van der Waals surface area contributed by atoms with Crippen LogP contribution in [0.1, 0.15) is 22.2 Å². The van der Waals surface area contributed by atoms with Gasteiger partial charge in [0.05, 0.1) is 11.2 Å². The smallest absolute Gasteiger partial charge is 0.0798 e. The topological polar surface area (TPSA) is 38.9 Å². The van der Waals surface area contributed by atoms with Gasteiger partial charge in [-0.1, -0.05) is 29.8 Å². The average molecular weight is 253 g/mol. The number of rotatable bonds is 3. The van der Waals surface area contributed by atoms with Crippen LogP contribution in [0.5, 0.6) is 0 Å². The SMILES string of the molecule is Cc1ncsc1C(N)Cc1ccccc1Cl. The van der Waals surface area contributed by atoms with E-state index in [1.54, 1.807) is 11.3 Å². The monoisotopic (exact) mass is 252 g/mol. The Morgan fingerprint density at radius 2 is 2.19 bits per heavy atom. The molecule has 16 heavy (non-hydrogen) atoms. The number of hydrogen-bond acceptors (Lipinski definition) is 3. The molecule has 0 spiro atoms. The first kappa shape index (κ1) is 11.6. The molecule has 0 aliphatic rings. The van der Waals surface area contributed by atoms with E-state index < -0.39 is 0 Å². The molecular weight excluding hydrogens is 240 g/mol. The van der Waals surface area contributed by atoms with Crippen LogP contribution < -0.4 is 5.73 Å². The van der Waals surface area contributed by atoms with E-state index in [0.29, 0.717) is 0 Å². The first-order valence-electron chi connectivity index (χ1n) is 5.07. The predicted molar refractivity (Wildman–Crippen MR) is 68.9 cm³/mol. The minimum atomic E-state index is -0.0209. The second-order valence-electron chi connectivity index (χ2n) is 3.70. The van der Waals surface area contributed by atoms with E-state index in [1.807, 2.05) is 36.7 Å². The molecule has 84 valence electrons. The Morgan fingerprint density at radius 1 is 1.44 bits per heavy atom. The van der Waals surface area contributed by atoms with Gasteiger partial charge in [0.2, 0.25) is 0 Å². The van der Waals surface area contributed by atoms with Crippen molar-refractivity contribution in [3.63, 3.8) is 0 Å². The molecule has 1 heterocycles. The van der Waals surface area contributed by atoms with Crippen molar-refractivity contribution in [2.75, 3.05) is 0 Å². The fourth-order valence-corrected chi connectivity index (χ4v) is 2.68. The molecule has 0 aliphatic heterocycles. The van der Waals surface area contributed by atoms with E-state index in [1.165, 1.54) is 0 Å². The van der Waals surface area contributed by atoms with Crippen molar-refractivity contribution in [3.05, 3.63) is 50.9 Å². The largest absolute Gasteiger partial charge is 0.323 e. The van der Waals surface area contributed by atoms with Gasteiger partial charge in [-0.15, -0.1) is 11.3 Å². The number of halogens is 1. The molecule has 0 bridgehead atoms. The zero-order valence-electron chi connectivity index (χ0n) is 8.98. The van der Waals surface area contributed by atoms with Gasteiger partial charge >= 0.3 is 0 Å². The third kappa shape index (κ3) is 2.43. The predicted octanol–water partition coefficient (Wildman–Crippen LogP) is 3.35. The molecule has 0 aliphatic carbocycles. The van der Waals surface area contributed by atoms with Gasteiger partial charge in [-0.25, -0.2) is 4.98 Å². The summed E-state index contributed by atoms with van der Waals surface area (Å²) in [6.07, 6.45) is 0.753.